The molecule has 8 nitrogen and oxygen atoms in total. The smallest absolute Gasteiger partial charge is 0.164 e. The number of aliphatic hydroxyl groups excluding tert-OH is 2. The second kappa shape index (κ2) is 4.42. The Morgan fingerprint density at radius 3 is 2.75 bits per heavy atom. The second-order valence-electron chi connectivity index (χ2n) is 4.73. The van der Waals surface area contributed by atoms with Gasteiger partial charge in [-0.05, 0) is 6.92 Å². The molecule has 0 aliphatic carbocycles. The molecule has 1 saturated heterocycles. The zero-order valence-corrected chi connectivity index (χ0v) is 10.6. The first-order chi connectivity index (χ1) is 9.54. The molecular formula is C12H13N5O3. The van der Waals surface area contributed by atoms with Crippen LogP contribution in [0.4, 0.5) is 5.82 Å². The van der Waals surface area contributed by atoms with Crippen molar-refractivity contribution in [2.24, 2.45) is 0 Å². The lowest BCUT2D eigenvalue weighted by Crippen LogP contribution is -2.30. The predicted molar refractivity (Wildman–Crippen MR) is 68.3 cm³/mol. The van der Waals surface area contributed by atoms with Gasteiger partial charge in [0.05, 0.1) is 17.1 Å². The average molecular weight is 275 g/mol. The minimum Gasteiger partial charge on any atom is -0.388 e. The first kappa shape index (κ1) is 12.8. The van der Waals surface area contributed by atoms with Crippen molar-refractivity contribution in [3.05, 3.63) is 18.1 Å². The lowest BCUT2D eigenvalue weighted by Gasteiger charge is -2.17. The summed E-state index contributed by atoms with van der Waals surface area (Å²) in [6, 6.07) is 2.01. The molecule has 0 aromatic carbocycles. The molecule has 20 heavy (non-hydrogen) atoms. The van der Waals surface area contributed by atoms with Gasteiger partial charge in [-0.3, -0.25) is 0 Å². The number of nitrogen functional groups attached to an aromatic ring is 1. The Hall–Kier alpha value is -2.21. The Kier molecular flexibility index (Phi) is 2.83. The van der Waals surface area contributed by atoms with Gasteiger partial charge in [-0.2, -0.15) is 5.26 Å². The molecule has 2 aromatic heterocycles. The Bertz CT molecular complexity index is 707. The van der Waals surface area contributed by atoms with Crippen molar-refractivity contribution in [1.29, 1.82) is 5.26 Å². The van der Waals surface area contributed by atoms with Crippen LogP contribution in [0.3, 0.4) is 0 Å². The highest BCUT2D eigenvalue weighted by Gasteiger charge is 2.42. The lowest BCUT2D eigenvalue weighted by molar-refractivity contribution is -0.0296. The fourth-order valence-corrected chi connectivity index (χ4v) is 2.44. The maximum atomic E-state index is 10.0. The Morgan fingerprint density at radius 1 is 1.40 bits per heavy atom. The zero-order valence-electron chi connectivity index (χ0n) is 10.6. The molecule has 104 valence electrons. The quantitative estimate of drug-likeness (QED) is 0.641. The van der Waals surface area contributed by atoms with Crippen LogP contribution < -0.4 is 5.73 Å². The minimum absolute atomic E-state index is 0.186. The van der Waals surface area contributed by atoms with Crippen molar-refractivity contribution >= 4 is 16.9 Å². The van der Waals surface area contributed by atoms with Gasteiger partial charge in [-0.25, -0.2) is 9.97 Å². The van der Waals surface area contributed by atoms with Crippen molar-refractivity contribution in [3.8, 4) is 6.07 Å². The van der Waals surface area contributed by atoms with Crippen molar-refractivity contribution in [1.82, 2.24) is 14.5 Å². The summed E-state index contributed by atoms with van der Waals surface area (Å²) >= 11 is 0. The Morgan fingerprint density at radius 2 is 2.15 bits per heavy atom. The number of anilines is 1. The van der Waals surface area contributed by atoms with Crippen LogP contribution in [0.5, 0.6) is 0 Å². The number of ether oxygens (including phenoxy) is 1. The molecule has 4 N–H and O–H groups in total. The van der Waals surface area contributed by atoms with Gasteiger partial charge in [0, 0.05) is 6.20 Å². The summed E-state index contributed by atoms with van der Waals surface area (Å²) in [5.74, 6) is 0.186. The fraction of sp³-hybridized carbons (Fsp3) is 0.417. The molecule has 0 amide bonds. The molecule has 1 unspecified atom stereocenters. The molecule has 0 bridgehead atoms. The van der Waals surface area contributed by atoms with E-state index in [0.717, 1.165) is 0 Å². The number of rotatable bonds is 1. The number of hydrogen-bond donors (Lipinski definition) is 3. The summed E-state index contributed by atoms with van der Waals surface area (Å²) in [6.07, 6.45) is -0.674. The summed E-state index contributed by atoms with van der Waals surface area (Å²) in [6.45, 7) is 1.66. The largest absolute Gasteiger partial charge is 0.388 e. The maximum Gasteiger partial charge on any atom is 0.164 e. The van der Waals surface area contributed by atoms with Gasteiger partial charge in [-0.15, -0.1) is 0 Å². The highest BCUT2D eigenvalue weighted by atomic mass is 16.6. The van der Waals surface area contributed by atoms with E-state index < -0.39 is 24.5 Å². The van der Waals surface area contributed by atoms with Crippen LogP contribution in [-0.4, -0.2) is 43.1 Å². The maximum absolute atomic E-state index is 10.0. The van der Waals surface area contributed by atoms with Crippen LogP contribution in [-0.2, 0) is 4.74 Å². The topological polar surface area (TPSA) is 130 Å². The van der Waals surface area contributed by atoms with E-state index in [0.29, 0.717) is 16.6 Å². The molecule has 2 aromatic rings. The SMILES string of the molecule is C[C@H]1OC(n2cc(C#N)c3c(N)ncnc32)[C@H](O)[C@@H]1O. The van der Waals surface area contributed by atoms with Gasteiger partial charge < -0.3 is 25.3 Å². The predicted octanol–water partition coefficient (Wildman–Crippen LogP) is -0.476. The van der Waals surface area contributed by atoms with E-state index in [9.17, 15) is 10.2 Å². The number of nitrogens with two attached hydrogens (primary N) is 1. The van der Waals surface area contributed by atoms with Crippen molar-refractivity contribution in [2.75, 3.05) is 5.73 Å². The third kappa shape index (κ3) is 1.65. The van der Waals surface area contributed by atoms with E-state index >= 15 is 0 Å². The van der Waals surface area contributed by atoms with E-state index in [1.807, 2.05) is 6.07 Å². The van der Waals surface area contributed by atoms with E-state index in [-0.39, 0.29) is 5.82 Å². The average Bonchev–Trinajstić information content (AvgIpc) is 2.93. The van der Waals surface area contributed by atoms with E-state index in [1.165, 1.54) is 17.1 Å². The van der Waals surface area contributed by atoms with Crippen molar-refractivity contribution in [2.45, 2.75) is 31.5 Å². The van der Waals surface area contributed by atoms with Crippen LogP contribution in [0.1, 0.15) is 18.7 Å². The van der Waals surface area contributed by atoms with Gasteiger partial charge in [0.1, 0.15) is 36.1 Å². The molecule has 0 saturated carbocycles. The third-order valence-corrected chi connectivity index (χ3v) is 3.51. The molecule has 1 fully saturated rings. The molecule has 4 atom stereocenters. The van der Waals surface area contributed by atoms with Crippen LogP contribution in [0.25, 0.3) is 11.0 Å². The fourth-order valence-electron chi connectivity index (χ4n) is 2.44. The van der Waals surface area contributed by atoms with Gasteiger partial charge in [-0.1, -0.05) is 0 Å². The van der Waals surface area contributed by atoms with E-state index in [4.69, 9.17) is 15.7 Å². The molecule has 0 spiro atoms. The van der Waals surface area contributed by atoms with Gasteiger partial charge in [0.2, 0.25) is 0 Å². The molecule has 8 heteroatoms. The normalized spacial score (nSPS) is 29.7. The van der Waals surface area contributed by atoms with Gasteiger partial charge in [0.25, 0.3) is 0 Å². The summed E-state index contributed by atoms with van der Waals surface area (Å²) in [7, 11) is 0. The molecule has 1 aliphatic rings. The van der Waals surface area contributed by atoms with Gasteiger partial charge in [0.15, 0.2) is 6.23 Å². The second-order valence-corrected chi connectivity index (χ2v) is 4.73. The Balaban J connectivity index is 2.19. The van der Waals surface area contributed by atoms with Crippen molar-refractivity contribution < 1.29 is 14.9 Å². The number of nitriles is 1. The third-order valence-electron chi connectivity index (χ3n) is 3.51. The highest BCUT2D eigenvalue weighted by Crippen LogP contribution is 2.34. The number of hydrogen-bond acceptors (Lipinski definition) is 7. The van der Waals surface area contributed by atoms with E-state index in [2.05, 4.69) is 9.97 Å². The number of aliphatic hydroxyl groups is 2. The summed E-state index contributed by atoms with van der Waals surface area (Å²) < 4.78 is 7.03. The van der Waals surface area contributed by atoms with Crippen LogP contribution in [0, 0.1) is 11.3 Å². The van der Waals surface area contributed by atoms with Crippen LogP contribution in [0.2, 0.25) is 0 Å². The molecule has 1 aliphatic heterocycles. The number of fused-ring (bicyclic) bond motifs is 1. The zero-order chi connectivity index (χ0) is 14.4. The summed E-state index contributed by atoms with van der Waals surface area (Å²) in [5.41, 5.74) is 6.45. The summed E-state index contributed by atoms with van der Waals surface area (Å²) in [4.78, 5) is 7.94. The molecule has 3 heterocycles. The molecule has 3 rings (SSSR count). The minimum atomic E-state index is -1.11. The molecular weight excluding hydrogens is 262 g/mol. The first-order valence-corrected chi connectivity index (χ1v) is 6.07. The number of nitrogens with zero attached hydrogens (tertiary/aromatic N) is 4. The van der Waals surface area contributed by atoms with Crippen molar-refractivity contribution in [3.63, 3.8) is 0 Å². The summed E-state index contributed by atoms with van der Waals surface area (Å²) in [5, 5.41) is 29.4. The lowest BCUT2D eigenvalue weighted by atomic mass is 10.1. The van der Waals surface area contributed by atoms with Crippen LogP contribution in [0.15, 0.2) is 12.5 Å². The monoisotopic (exact) mass is 275 g/mol. The standard InChI is InChI=1S/C12H13N5O3/c1-5-8(18)9(19)12(20-5)17-3-6(2-13)7-10(14)15-4-16-11(7)17/h3-5,8-9,12,18-19H,1H3,(H2,14,15,16)/t5-,8-,9-,12?/m1/s1. The first-order valence-electron chi connectivity index (χ1n) is 6.07. The number of aromatic nitrogens is 3. The van der Waals surface area contributed by atoms with Crippen LogP contribution >= 0.6 is 0 Å². The Labute approximate surface area is 114 Å². The van der Waals surface area contributed by atoms with E-state index in [1.54, 1.807) is 6.92 Å². The molecule has 0 radical (unpaired) electrons. The van der Waals surface area contributed by atoms with Gasteiger partial charge >= 0.3 is 0 Å². The highest BCUT2D eigenvalue weighted by molar-refractivity contribution is 5.91.